The molecule has 0 radical (unpaired) electrons. The summed E-state index contributed by atoms with van der Waals surface area (Å²) in [6.07, 6.45) is 2.83. The average molecular weight is 214 g/mol. The molecule has 1 aliphatic heterocycles. The Morgan fingerprint density at radius 1 is 1.33 bits per heavy atom. The van der Waals surface area contributed by atoms with Gasteiger partial charge in [-0.1, -0.05) is 0 Å². The molecule has 1 aromatic rings. The molecule has 2 rings (SSSR count). The Morgan fingerprint density at radius 2 is 2.08 bits per heavy atom. The Bertz CT molecular complexity index is 196. The highest BCUT2D eigenvalue weighted by molar-refractivity contribution is 5.85. The molecule has 0 saturated heterocycles. The van der Waals surface area contributed by atoms with Gasteiger partial charge in [0.25, 0.3) is 0 Å². The van der Waals surface area contributed by atoms with Crippen molar-refractivity contribution in [1.82, 2.24) is 15.3 Å². The van der Waals surface area contributed by atoms with Crippen molar-refractivity contribution in [2.24, 2.45) is 0 Å². The van der Waals surface area contributed by atoms with Crippen LogP contribution in [0.1, 0.15) is 11.4 Å². The van der Waals surface area contributed by atoms with Crippen molar-refractivity contribution in [3.8, 4) is 0 Å². The minimum absolute atomic E-state index is 0. The summed E-state index contributed by atoms with van der Waals surface area (Å²) in [4.78, 5) is 7.25. The number of rotatable bonds is 0. The van der Waals surface area contributed by atoms with Crippen molar-refractivity contribution >= 4 is 24.8 Å². The molecule has 0 aliphatic carbocycles. The smallest absolute Gasteiger partial charge is 0.0925 e. The fraction of sp³-hybridized carbons (Fsp3) is 0.500. The van der Waals surface area contributed by atoms with Crippen LogP contribution in [0.15, 0.2) is 6.33 Å². The van der Waals surface area contributed by atoms with E-state index in [0.29, 0.717) is 0 Å². The van der Waals surface area contributed by atoms with E-state index in [9.17, 15) is 0 Å². The second kappa shape index (κ2) is 6.25. The molecular formula is C6H13Cl2N3O. The number of H-pyrrole nitrogens is 1. The standard InChI is InChI=1S/C6H9N3.2ClH.H2O/c1-2-7-3-6-5(1)8-4-9-6;;;/h4,7H,1-3H2,(H,8,9);2*1H;1H2. The summed E-state index contributed by atoms with van der Waals surface area (Å²) in [6.45, 7) is 2.02. The second-order valence-corrected chi connectivity index (χ2v) is 2.25. The van der Waals surface area contributed by atoms with Gasteiger partial charge in [-0.25, -0.2) is 4.98 Å². The highest BCUT2D eigenvalue weighted by Crippen LogP contribution is 2.06. The maximum Gasteiger partial charge on any atom is 0.0925 e. The highest BCUT2D eigenvalue weighted by Gasteiger charge is 2.08. The number of aromatic nitrogens is 2. The number of aromatic amines is 1. The van der Waals surface area contributed by atoms with Gasteiger partial charge in [0.15, 0.2) is 0 Å². The number of fused-ring (bicyclic) bond motifs is 1. The number of nitrogens with one attached hydrogen (secondary N) is 2. The van der Waals surface area contributed by atoms with Gasteiger partial charge in [-0.15, -0.1) is 24.8 Å². The maximum atomic E-state index is 4.16. The van der Waals surface area contributed by atoms with Crippen LogP contribution in [0.5, 0.6) is 0 Å². The van der Waals surface area contributed by atoms with Crippen LogP contribution < -0.4 is 5.32 Å². The van der Waals surface area contributed by atoms with E-state index in [4.69, 9.17) is 0 Å². The lowest BCUT2D eigenvalue weighted by molar-refractivity contribution is 0.627. The fourth-order valence-electron chi connectivity index (χ4n) is 1.14. The molecule has 0 fully saturated rings. The molecule has 4 nitrogen and oxygen atoms in total. The molecule has 0 spiro atoms. The molecule has 2 heterocycles. The lowest BCUT2D eigenvalue weighted by Crippen LogP contribution is -2.23. The van der Waals surface area contributed by atoms with E-state index in [2.05, 4.69) is 15.3 Å². The average Bonchev–Trinajstić information content (AvgIpc) is 2.33. The van der Waals surface area contributed by atoms with Gasteiger partial charge in [0, 0.05) is 19.5 Å². The van der Waals surface area contributed by atoms with Crippen molar-refractivity contribution in [3.05, 3.63) is 17.7 Å². The van der Waals surface area contributed by atoms with Crippen LogP contribution in [0.2, 0.25) is 0 Å². The number of hydrogen-bond donors (Lipinski definition) is 2. The van der Waals surface area contributed by atoms with E-state index in [1.165, 1.54) is 11.4 Å². The number of imidazole rings is 1. The summed E-state index contributed by atoms with van der Waals surface area (Å²) >= 11 is 0. The third-order valence-electron chi connectivity index (χ3n) is 1.65. The highest BCUT2D eigenvalue weighted by atomic mass is 35.5. The van der Waals surface area contributed by atoms with Crippen LogP contribution in [0.4, 0.5) is 0 Å². The SMILES string of the molecule is Cl.Cl.O.c1nc2c([nH]1)CNCC2. The fourth-order valence-corrected chi connectivity index (χ4v) is 1.14. The molecule has 4 N–H and O–H groups in total. The molecule has 0 bridgehead atoms. The van der Waals surface area contributed by atoms with Gasteiger partial charge < -0.3 is 15.8 Å². The molecule has 0 unspecified atom stereocenters. The largest absolute Gasteiger partial charge is 0.412 e. The summed E-state index contributed by atoms with van der Waals surface area (Å²) in [5.74, 6) is 0. The van der Waals surface area contributed by atoms with E-state index in [0.717, 1.165) is 19.5 Å². The molecule has 12 heavy (non-hydrogen) atoms. The first kappa shape index (κ1) is 14.2. The monoisotopic (exact) mass is 213 g/mol. The molecule has 1 aliphatic rings. The molecule has 1 aromatic heterocycles. The van der Waals surface area contributed by atoms with Crippen LogP contribution >= 0.6 is 24.8 Å². The van der Waals surface area contributed by atoms with Crippen molar-refractivity contribution in [3.63, 3.8) is 0 Å². The summed E-state index contributed by atoms with van der Waals surface area (Å²) in [6, 6.07) is 0. The zero-order valence-electron chi connectivity index (χ0n) is 6.46. The van der Waals surface area contributed by atoms with Crippen molar-refractivity contribution in [2.75, 3.05) is 6.54 Å². The van der Waals surface area contributed by atoms with Crippen molar-refractivity contribution in [1.29, 1.82) is 0 Å². The Balaban J connectivity index is 0. The first-order chi connectivity index (χ1) is 4.47. The van der Waals surface area contributed by atoms with Gasteiger partial charge in [-0.3, -0.25) is 0 Å². The third kappa shape index (κ3) is 2.64. The van der Waals surface area contributed by atoms with Crippen LogP contribution in [0.3, 0.4) is 0 Å². The molecule has 0 saturated carbocycles. The predicted octanol–water partition coefficient (Wildman–Crippen LogP) is 0.0743. The lowest BCUT2D eigenvalue weighted by atomic mass is 10.2. The Kier molecular flexibility index (Phi) is 7.42. The minimum Gasteiger partial charge on any atom is -0.412 e. The molecule has 72 valence electrons. The molecule has 0 atom stereocenters. The summed E-state index contributed by atoms with van der Waals surface area (Å²) in [5.41, 5.74) is 2.48. The van der Waals surface area contributed by atoms with Gasteiger partial charge in [0.2, 0.25) is 0 Å². The van der Waals surface area contributed by atoms with Gasteiger partial charge in [-0.2, -0.15) is 0 Å². The van der Waals surface area contributed by atoms with E-state index in [1.54, 1.807) is 6.33 Å². The first-order valence-electron chi connectivity index (χ1n) is 3.18. The summed E-state index contributed by atoms with van der Waals surface area (Å²) in [7, 11) is 0. The van der Waals surface area contributed by atoms with Gasteiger partial charge in [0.1, 0.15) is 0 Å². The van der Waals surface area contributed by atoms with E-state index in [1.807, 2.05) is 0 Å². The molecule has 0 amide bonds. The van der Waals surface area contributed by atoms with Crippen LogP contribution in [-0.2, 0) is 13.0 Å². The van der Waals surface area contributed by atoms with Crippen molar-refractivity contribution in [2.45, 2.75) is 13.0 Å². The topological polar surface area (TPSA) is 72.2 Å². The van der Waals surface area contributed by atoms with Gasteiger partial charge in [-0.05, 0) is 0 Å². The summed E-state index contributed by atoms with van der Waals surface area (Å²) < 4.78 is 0. The van der Waals surface area contributed by atoms with E-state index in [-0.39, 0.29) is 30.3 Å². The lowest BCUT2D eigenvalue weighted by Gasteiger charge is -2.09. The van der Waals surface area contributed by atoms with Crippen LogP contribution in [-0.4, -0.2) is 22.0 Å². The van der Waals surface area contributed by atoms with Gasteiger partial charge in [0.05, 0.1) is 17.7 Å². The zero-order valence-corrected chi connectivity index (χ0v) is 8.10. The number of nitrogens with zero attached hydrogens (tertiary/aromatic N) is 1. The molecule has 6 heteroatoms. The number of halogens is 2. The molecular weight excluding hydrogens is 201 g/mol. The predicted molar refractivity (Wildman–Crippen MR) is 52.1 cm³/mol. The van der Waals surface area contributed by atoms with Crippen LogP contribution in [0.25, 0.3) is 0 Å². The normalized spacial score (nSPS) is 13.0. The van der Waals surface area contributed by atoms with Crippen molar-refractivity contribution < 1.29 is 5.48 Å². The second-order valence-electron chi connectivity index (χ2n) is 2.25. The zero-order chi connectivity index (χ0) is 6.10. The molecule has 0 aromatic carbocycles. The van der Waals surface area contributed by atoms with Gasteiger partial charge >= 0.3 is 0 Å². The minimum atomic E-state index is 0. The van der Waals surface area contributed by atoms with E-state index < -0.39 is 0 Å². The summed E-state index contributed by atoms with van der Waals surface area (Å²) in [5, 5.41) is 3.26. The Morgan fingerprint density at radius 3 is 2.75 bits per heavy atom. The first-order valence-corrected chi connectivity index (χ1v) is 3.18. The quantitative estimate of drug-likeness (QED) is 0.641. The Labute approximate surface area is 83.3 Å². The Hall–Kier alpha value is -0.290. The maximum absolute atomic E-state index is 4.16. The van der Waals surface area contributed by atoms with Crippen LogP contribution in [0, 0.1) is 0 Å². The third-order valence-corrected chi connectivity index (χ3v) is 1.65. The van der Waals surface area contributed by atoms with E-state index >= 15 is 0 Å². The number of hydrogen-bond acceptors (Lipinski definition) is 2.